The topological polar surface area (TPSA) is 74.8 Å². The highest BCUT2D eigenvalue weighted by Crippen LogP contribution is 2.33. The third-order valence-corrected chi connectivity index (χ3v) is 7.63. The number of anilines is 1. The number of hydrogen-bond donors (Lipinski definition) is 0. The summed E-state index contributed by atoms with van der Waals surface area (Å²) in [5, 5.41) is 0. The van der Waals surface area contributed by atoms with E-state index < -0.39 is 0 Å². The van der Waals surface area contributed by atoms with E-state index in [1.807, 2.05) is 78.6 Å². The first-order valence-electron chi connectivity index (χ1n) is 13.9. The van der Waals surface area contributed by atoms with Gasteiger partial charge in [-0.2, -0.15) is 0 Å². The second kappa shape index (κ2) is 11.9. The van der Waals surface area contributed by atoms with E-state index >= 15 is 0 Å². The Morgan fingerprint density at radius 1 is 0.902 bits per heavy atom. The Morgan fingerprint density at radius 3 is 2.51 bits per heavy atom. The third-order valence-electron chi connectivity index (χ3n) is 7.63. The lowest BCUT2D eigenvalue weighted by molar-refractivity contribution is -0.133. The zero-order chi connectivity index (χ0) is 28.2. The number of nitrogens with zero attached hydrogens (tertiary/aromatic N) is 4. The number of amides is 3. The van der Waals surface area contributed by atoms with E-state index in [1.165, 1.54) is 4.90 Å². The Morgan fingerprint density at radius 2 is 1.71 bits per heavy atom. The van der Waals surface area contributed by atoms with Gasteiger partial charge in [0.25, 0.3) is 0 Å². The summed E-state index contributed by atoms with van der Waals surface area (Å²) in [7, 11) is 0. The monoisotopic (exact) mass is 554 g/mol. The Balaban J connectivity index is 1.01. The van der Waals surface area contributed by atoms with Crippen LogP contribution in [-0.4, -0.2) is 72.7 Å². The fourth-order valence-electron chi connectivity index (χ4n) is 5.31. The van der Waals surface area contributed by atoms with E-state index in [0.717, 1.165) is 59.3 Å². The van der Waals surface area contributed by atoms with Gasteiger partial charge in [-0.3, -0.25) is 19.5 Å². The van der Waals surface area contributed by atoms with Gasteiger partial charge in [0.1, 0.15) is 18.9 Å². The summed E-state index contributed by atoms with van der Waals surface area (Å²) in [6.07, 6.45) is 3.63. The number of piperazine rings is 1. The molecule has 0 saturated carbocycles. The van der Waals surface area contributed by atoms with Crippen molar-refractivity contribution in [3.63, 3.8) is 0 Å². The van der Waals surface area contributed by atoms with Crippen LogP contribution in [0.2, 0.25) is 0 Å². The average Bonchev–Trinajstić information content (AvgIpc) is 3.46. The summed E-state index contributed by atoms with van der Waals surface area (Å²) in [6, 6.07) is 21.6. The largest absolute Gasteiger partial charge is 0.489 e. The van der Waals surface area contributed by atoms with E-state index in [9.17, 15) is 9.59 Å². The molecule has 212 valence electrons. The van der Waals surface area contributed by atoms with Gasteiger partial charge in [-0.15, -0.1) is 0 Å². The number of fused-ring (bicyclic) bond motifs is 1. The predicted octanol–water partition coefficient (Wildman–Crippen LogP) is 4.40. The molecule has 0 atom stereocenters. The molecule has 3 heterocycles. The highest BCUT2D eigenvalue weighted by molar-refractivity contribution is 5.96. The number of aryl methyl sites for hydroxylation is 1. The van der Waals surface area contributed by atoms with Crippen molar-refractivity contribution in [1.82, 2.24) is 14.7 Å². The second-order valence-corrected chi connectivity index (χ2v) is 10.5. The van der Waals surface area contributed by atoms with Crippen molar-refractivity contribution in [2.45, 2.75) is 20.1 Å². The molecule has 0 spiro atoms. The molecule has 9 nitrogen and oxygen atoms in total. The van der Waals surface area contributed by atoms with E-state index in [4.69, 9.17) is 14.2 Å². The lowest BCUT2D eigenvalue weighted by atomic mass is 10.1. The molecule has 1 saturated heterocycles. The zero-order valence-corrected chi connectivity index (χ0v) is 23.2. The van der Waals surface area contributed by atoms with Crippen LogP contribution in [0.25, 0.3) is 0 Å². The molecule has 0 N–H and O–H groups in total. The van der Waals surface area contributed by atoms with Crippen molar-refractivity contribution >= 4 is 17.6 Å². The molecule has 1 fully saturated rings. The number of carbonyl (C=O) groups is 2. The zero-order valence-electron chi connectivity index (χ0n) is 23.2. The molecule has 0 radical (unpaired) electrons. The molecule has 0 bridgehead atoms. The maximum Gasteiger partial charge on any atom is 0.329 e. The second-order valence-electron chi connectivity index (χ2n) is 10.5. The first-order chi connectivity index (χ1) is 20.0. The van der Waals surface area contributed by atoms with Crippen LogP contribution < -0.4 is 19.1 Å². The molecule has 3 aliphatic rings. The Bertz CT molecular complexity index is 1440. The van der Waals surface area contributed by atoms with Crippen LogP contribution in [0, 0.1) is 6.92 Å². The van der Waals surface area contributed by atoms with Crippen molar-refractivity contribution in [2.75, 3.05) is 51.0 Å². The molecule has 3 aromatic rings. The van der Waals surface area contributed by atoms with E-state index in [0.29, 0.717) is 26.2 Å². The van der Waals surface area contributed by atoms with Crippen molar-refractivity contribution < 1.29 is 23.8 Å². The molecule has 0 unspecified atom stereocenters. The minimum atomic E-state index is -0.209. The summed E-state index contributed by atoms with van der Waals surface area (Å²) in [4.78, 5) is 33.9. The lowest BCUT2D eigenvalue weighted by Gasteiger charge is -2.37. The van der Waals surface area contributed by atoms with Gasteiger partial charge in [0.05, 0.1) is 0 Å². The molecule has 6 rings (SSSR count). The fourth-order valence-corrected chi connectivity index (χ4v) is 5.31. The van der Waals surface area contributed by atoms with E-state index in [2.05, 4.69) is 11.0 Å². The van der Waals surface area contributed by atoms with Crippen molar-refractivity contribution in [1.29, 1.82) is 0 Å². The Hall–Kier alpha value is -4.50. The minimum Gasteiger partial charge on any atom is -0.489 e. The molecule has 3 amide bonds. The Kier molecular flexibility index (Phi) is 7.78. The van der Waals surface area contributed by atoms with E-state index in [1.54, 1.807) is 11.1 Å². The molecule has 3 aliphatic heterocycles. The SMILES string of the molecule is Cc1cc(N2CC=CN(CC(=O)N3CCN(Cc4ccc5c(c4)OCO5)CC3)C2=O)ccc1OCc1ccccc1. The summed E-state index contributed by atoms with van der Waals surface area (Å²) in [5.74, 6) is 2.30. The van der Waals surface area contributed by atoms with Crippen molar-refractivity contribution in [3.8, 4) is 17.2 Å². The van der Waals surface area contributed by atoms with E-state index in [-0.39, 0.29) is 25.3 Å². The van der Waals surface area contributed by atoms with Crippen LogP contribution in [0.1, 0.15) is 16.7 Å². The molecule has 0 aromatic heterocycles. The maximum absolute atomic E-state index is 13.4. The highest BCUT2D eigenvalue weighted by atomic mass is 16.7. The van der Waals surface area contributed by atoms with Gasteiger partial charge in [-0.1, -0.05) is 36.4 Å². The molecule has 3 aromatic carbocycles. The molecule has 41 heavy (non-hydrogen) atoms. The summed E-state index contributed by atoms with van der Waals surface area (Å²) >= 11 is 0. The highest BCUT2D eigenvalue weighted by Gasteiger charge is 2.29. The number of rotatable bonds is 8. The minimum absolute atomic E-state index is 0.0191. The quantitative estimate of drug-likeness (QED) is 0.411. The maximum atomic E-state index is 13.4. The van der Waals surface area contributed by atoms with Gasteiger partial charge in [-0.05, 0) is 60.0 Å². The average molecular weight is 555 g/mol. The number of carbonyl (C=O) groups excluding carboxylic acids is 2. The lowest BCUT2D eigenvalue weighted by Crippen LogP contribution is -2.52. The summed E-state index contributed by atoms with van der Waals surface area (Å²) < 4.78 is 16.9. The van der Waals surface area contributed by atoms with Gasteiger partial charge < -0.3 is 19.1 Å². The van der Waals surface area contributed by atoms with Crippen LogP contribution in [0.15, 0.2) is 79.0 Å². The van der Waals surface area contributed by atoms with Crippen LogP contribution in [0.5, 0.6) is 17.2 Å². The van der Waals surface area contributed by atoms with Crippen LogP contribution in [0.4, 0.5) is 10.5 Å². The first kappa shape index (κ1) is 26.7. The standard InChI is InChI=1S/C32H34N4O5/c1-24-18-27(9-11-28(24)39-22-25-6-3-2-4-7-25)36-13-5-12-35(32(36)38)21-31(37)34-16-14-33(15-17-34)20-26-8-10-29-30(19-26)41-23-40-29/h2-12,18-19H,13-17,20-23H2,1H3. The number of ether oxygens (including phenoxy) is 3. The van der Waals surface area contributed by atoms with Gasteiger partial charge in [0.2, 0.25) is 12.7 Å². The van der Waals surface area contributed by atoms with Crippen LogP contribution in [-0.2, 0) is 17.9 Å². The number of urea groups is 1. The number of benzene rings is 3. The van der Waals surface area contributed by atoms with Gasteiger partial charge in [-0.25, -0.2) is 4.79 Å². The fraction of sp³-hybridized carbons (Fsp3) is 0.312. The first-order valence-corrected chi connectivity index (χ1v) is 13.9. The summed E-state index contributed by atoms with van der Waals surface area (Å²) in [5.41, 5.74) is 3.98. The van der Waals surface area contributed by atoms with Gasteiger partial charge >= 0.3 is 6.03 Å². The molecule has 0 aliphatic carbocycles. The van der Waals surface area contributed by atoms with Crippen molar-refractivity contribution in [3.05, 3.63) is 95.7 Å². The van der Waals surface area contributed by atoms with Crippen LogP contribution in [0.3, 0.4) is 0 Å². The van der Waals surface area contributed by atoms with Crippen molar-refractivity contribution in [2.24, 2.45) is 0 Å². The summed E-state index contributed by atoms with van der Waals surface area (Å²) in [6.45, 7) is 6.78. The predicted molar refractivity (Wildman–Crippen MR) is 155 cm³/mol. The molecule has 9 heteroatoms. The third kappa shape index (κ3) is 6.15. The smallest absolute Gasteiger partial charge is 0.329 e. The molecular weight excluding hydrogens is 520 g/mol. The Labute approximate surface area is 240 Å². The van der Waals surface area contributed by atoms with Crippen LogP contribution >= 0.6 is 0 Å². The molecular formula is C32H34N4O5. The normalized spacial score (nSPS) is 16.8. The van der Waals surface area contributed by atoms with Gasteiger partial charge in [0, 0.05) is 51.2 Å². The number of hydrogen-bond acceptors (Lipinski definition) is 6. The van der Waals surface area contributed by atoms with Gasteiger partial charge in [0.15, 0.2) is 11.5 Å².